The highest BCUT2D eigenvalue weighted by Gasteiger charge is 2.30. The topological polar surface area (TPSA) is 116 Å². The largest absolute Gasteiger partial charge is 0.361 e. The Morgan fingerprint density at radius 1 is 1.00 bits per heavy atom. The second kappa shape index (κ2) is 8.14. The van der Waals surface area contributed by atoms with Gasteiger partial charge in [0.2, 0.25) is 17.8 Å². The van der Waals surface area contributed by atoms with Gasteiger partial charge in [0.25, 0.3) is 10.0 Å². The van der Waals surface area contributed by atoms with Crippen molar-refractivity contribution in [3.05, 3.63) is 30.5 Å². The van der Waals surface area contributed by atoms with Crippen molar-refractivity contribution in [3.63, 3.8) is 0 Å². The maximum Gasteiger partial charge on any atom is 0.262 e. The molecule has 10 nitrogen and oxygen atoms in total. The molecule has 0 bridgehead atoms. The van der Waals surface area contributed by atoms with Crippen molar-refractivity contribution in [1.29, 1.82) is 0 Å². The van der Waals surface area contributed by atoms with Crippen LogP contribution in [0.15, 0.2) is 35.4 Å². The lowest BCUT2D eigenvalue weighted by atomic mass is 10.3. The van der Waals surface area contributed by atoms with Crippen molar-refractivity contribution >= 4 is 45.0 Å². The van der Waals surface area contributed by atoms with Crippen LogP contribution in [0.2, 0.25) is 0 Å². The Morgan fingerprint density at radius 3 is 2.19 bits per heavy atom. The number of aromatic nitrogens is 2. The van der Waals surface area contributed by atoms with Gasteiger partial charge >= 0.3 is 0 Å². The highest BCUT2D eigenvalue weighted by molar-refractivity contribution is 7.92. The predicted molar refractivity (Wildman–Crippen MR) is 117 cm³/mol. The lowest BCUT2D eigenvalue weighted by molar-refractivity contribution is -0.121. The van der Waals surface area contributed by atoms with Crippen LogP contribution in [0, 0.1) is 0 Å². The van der Waals surface area contributed by atoms with Crippen LogP contribution in [0.4, 0.5) is 23.1 Å². The molecule has 3 heterocycles. The van der Waals surface area contributed by atoms with E-state index in [0.717, 1.165) is 30.8 Å². The number of rotatable bonds is 6. The van der Waals surface area contributed by atoms with Crippen molar-refractivity contribution in [2.75, 3.05) is 46.6 Å². The van der Waals surface area contributed by atoms with Gasteiger partial charge in [0.15, 0.2) is 5.82 Å². The number of carbonyl (C=O) groups is 2. The van der Waals surface area contributed by atoms with Crippen molar-refractivity contribution < 1.29 is 18.0 Å². The van der Waals surface area contributed by atoms with E-state index in [1.807, 2.05) is 0 Å². The van der Waals surface area contributed by atoms with Gasteiger partial charge in [0, 0.05) is 40.0 Å². The van der Waals surface area contributed by atoms with Crippen LogP contribution in [0.25, 0.3) is 0 Å². The summed E-state index contributed by atoms with van der Waals surface area (Å²) in [6, 6.07) is 5.64. The number of benzene rings is 1. The number of hydrogen-bond acceptors (Lipinski definition) is 8. The van der Waals surface area contributed by atoms with Gasteiger partial charge < -0.3 is 9.80 Å². The second-order valence-electron chi connectivity index (χ2n) is 7.72. The molecule has 164 valence electrons. The van der Waals surface area contributed by atoms with E-state index in [-0.39, 0.29) is 35.2 Å². The summed E-state index contributed by atoms with van der Waals surface area (Å²) in [6.07, 6.45) is 3.98. The molecule has 0 radical (unpaired) electrons. The fourth-order valence-electron chi connectivity index (χ4n) is 3.69. The molecule has 0 saturated carbocycles. The quantitative estimate of drug-likeness (QED) is 0.668. The third kappa shape index (κ3) is 4.18. The van der Waals surface area contributed by atoms with Crippen LogP contribution in [-0.2, 0) is 19.6 Å². The number of nitrogens with zero attached hydrogens (tertiary/aromatic N) is 5. The first kappa shape index (κ1) is 21.0. The molecule has 31 heavy (non-hydrogen) atoms. The molecule has 1 aromatic heterocycles. The molecule has 2 fully saturated rings. The minimum Gasteiger partial charge on any atom is -0.361 e. The number of sulfonamides is 1. The smallest absolute Gasteiger partial charge is 0.262 e. The van der Waals surface area contributed by atoms with E-state index in [9.17, 15) is 18.0 Å². The van der Waals surface area contributed by atoms with E-state index in [2.05, 4.69) is 19.6 Å². The number of amides is 2. The van der Waals surface area contributed by atoms with Gasteiger partial charge in [-0.05, 0) is 37.1 Å². The molecule has 11 heteroatoms. The molecule has 0 unspecified atom stereocenters. The Morgan fingerprint density at radius 2 is 1.61 bits per heavy atom. The van der Waals surface area contributed by atoms with Crippen molar-refractivity contribution in [2.45, 2.75) is 30.6 Å². The van der Waals surface area contributed by atoms with Crippen molar-refractivity contribution in [1.82, 2.24) is 9.97 Å². The van der Waals surface area contributed by atoms with Crippen LogP contribution in [-0.4, -0.2) is 57.4 Å². The fraction of sp³-hybridized carbons (Fsp3) is 0.400. The summed E-state index contributed by atoms with van der Waals surface area (Å²) < 4.78 is 28.4. The van der Waals surface area contributed by atoms with Gasteiger partial charge in [-0.25, -0.2) is 13.4 Å². The van der Waals surface area contributed by atoms with Gasteiger partial charge in [-0.3, -0.25) is 19.2 Å². The molecule has 2 aliphatic heterocycles. The molecule has 2 aliphatic rings. The third-order valence-corrected chi connectivity index (χ3v) is 6.65. The molecule has 4 rings (SSSR count). The van der Waals surface area contributed by atoms with E-state index >= 15 is 0 Å². The molecule has 0 atom stereocenters. The minimum absolute atomic E-state index is 0.00340. The van der Waals surface area contributed by atoms with E-state index in [4.69, 9.17) is 0 Å². The van der Waals surface area contributed by atoms with Crippen LogP contribution in [0.5, 0.6) is 0 Å². The Hall–Kier alpha value is -3.21. The minimum atomic E-state index is -3.93. The Bertz CT molecular complexity index is 1090. The fourth-order valence-corrected chi connectivity index (χ4v) is 4.73. The second-order valence-corrected chi connectivity index (χ2v) is 9.40. The summed E-state index contributed by atoms with van der Waals surface area (Å²) >= 11 is 0. The maximum atomic E-state index is 12.9. The highest BCUT2D eigenvalue weighted by Crippen LogP contribution is 2.29. The average Bonchev–Trinajstić information content (AvgIpc) is 3.38. The number of hydrogen-bond donors (Lipinski definition) is 1. The molecule has 2 amide bonds. The third-order valence-electron chi connectivity index (χ3n) is 5.27. The summed E-state index contributed by atoms with van der Waals surface area (Å²) in [7, 11) is -0.358. The zero-order valence-electron chi connectivity index (χ0n) is 17.4. The number of carbonyl (C=O) groups excluding carboxylic acids is 2. The van der Waals surface area contributed by atoms with E-state index in [1.54, 1.807) is 19.0 Å². The van der Waals surface area contributed by atoms with Crippen LogP contribution in [0.3, 0.4) is 0 Å². The molecule has 1 N–H and O–H groups in total. The Kier molecular flexibility index (Phi) is 5.52. The predicted octanol–water partition coefficient (Wildman–Crippen LogP) is 1.60. The standard InChI is InChI=1S/C20H24N6O4S/c1-24(2)19-16(13-21-20(22-19)25-11-3-4-12-25)23-31(29,30)15-7-5-14(6-8-15)26-17(27)9-10-18(26)28/h5-8,13,23H,3-4,9-12H2,1-2H3. The zero-order chi connectivity index (χ0) is 22.2. The van der Waals surface area contributed by atoms with Crippen LogP contribution < -0.4 is 19.4 Å². The monoisotopic (exact) mass is 444 g/mol. The summed E-state index contributed by atoms with van der Waals surface area (Å²) in [5.41, 5.74) is 0.626. The summed E-state index contributed by atoms with van der Waals surface area (Å²) in [4.78, 5) is 37.5. The van der Waals surface area contributed by atoms with Crippen LogP contribution >= 0.6 is 0 Å². The van der Waals surface area contributed by atoms with Crippen LogP contribution in [0.1, 0.15) is 25.7 Å². The number of nitrogens with one attached hydrogen (secondary N) is 1. The van der Waals surface area contributed by atoms with Gasteiger partial charge in [-0.15, -0.1) is 0 Å². The zero-order valence-corrected chi connectivity index (χ0v) is 18.2. The lowest BCUT2D eigenvalue weighted by Gasteiger charge is -2.21. The van der Waals surface area contributed by atoms with Gasteiger partial charge in [0.1, 0.15) is 5.69 Å². The lowest BCUT2D eigenvalue weighted by Crippen LogP contribution is -2.28. The molecule has 2 saturated heterocycles. The maximum absolute atomic E-state index is 12.9. The first-order valence-electron chi connectivity index (χ1n) is 10.0. The van der Waals surface area contributed by atoms with Gasteiger partial charge in [-0.1, -0.05) is 0 Å². The van der Waals surface area contributed by atoms with Gasteiger partial charge in [0.05, 0.1) is 16.8 Å². The summed E-state index contributed by atoms with van der Waals surface area (Å²) in [5, 5.41) is 0. The van der Waals surface area contributed by atoms with Crippen molar-refractivity contribution in [2.24, 2.45) is 0 Å². The molecular weight excluding hydrogens is 420 g/mol. The average molecular weight is 445 g/mol. The molecular formula is C20H24N6O4S. The molecule has 1 aromatic carbocycles. The summed E-state index contributed by atoms with van der Waals surface area (Å²) in [5.74, 6) is 0.466. The molecule has 0 spiro atoms. The normalized spacial score (nSPS) is 16.8. The SMILES string of the molecule is CN(C)c1nc(N2CCCC2)ncc1NS(=O)(=O)c1ccc(N2C(=O)CCC2=O)cc1. The van der Waals surface area contributed by atoms with Gasteiger partial charge in [-0.2, -0.15) is 4.98 Å². The number of anilines is 4. The summed E-state index contributed by atoms with van der Waals surface area (Å²) in [6.45, 7) is 1.76. The highest BCUT2D eigenvalue weighted by atomic mass is 32.2. The molecule has 2 aromatic rings. The van der Waals surface area contributed by atoms with Crippen molar-refractivity contribution in [3.8, 4) is 0 Å². The first-order valence-corrected chi connectivity index (χ1v) is 11.5. The van der Waals surface area contributed by atoms with E-state index in [1.165, 1.54) is 30.5 Å². The Labute approximate surface area is 180 Å². The van der Waals surface area contributed by atoms with E-state index < -0.39 is 10.0 Å². The van der Waals surface area contributed by atoms with E-state index in [0.29, 0.717) is 17.5 Å². The molecule has 0 aliphatic carbocycles. The first-order chi connectivity index (χ1) is 14.8. The Balaban J connectivity index is 1.58. The number of imide groups is 1.